The van der Waals surface area contributed by atoms with Crippen molar-refractivity contribution in [1.82, 2.24) is 0 Å². The Kier molecular flexibility index (Phi) is 9.02. The lowest BCUT2D eigenvalue weighted by Crippen LogP contribution is -2.37. The molecule has 0 aliphatic carbocycles. The van der Waals surface area contributed by atoms with E-state index in [1.807, 2.05) is 13.0 Å². The van der Waals surface area contributed by atoms with Gasteiger partial charge in [0.25, 0.3) is 0 Å². The van der Waals surface area contributed by atoms with E-state index in [1.54, 1.807) is 0 Å². The van der Waals surface area contributed by atoms with E-state index in [9.17, 15) is 4.79 Å². The Hall–Kier alpha value is -0.613. The summed E-state index contributed by atoms with van der Waals surface area (Å²) in [7, 11) is -0.250. The molecule has 112 valence electrons. The SMILES string of the molecule is CCCCC/C=C/C(O[Si](C)(C)C)C(C)C(=O)OC. The maximum absolute atomic E-state index is 11.7. The molecule has 2 atom stereocenters. The molecule has 0 aromatic rings. The predicted octanol–water partition coefficient (Wildman–Crippen LogP) is 4.15. The number of carbonyl (C=O) groups excluding carboxylic acids is 1. The van der Waals surface area contributed by atoms with Crippen LogP contribution in [0.25, 0.3) is 0 Å². The number of hydrogen-bond acceptors (Lipinski definition) is 3. The standard InChI is InChI=1S/C15H30O3Si/c1-7-8-9-10-11-12-14(18-19(4,5)6)13(2)15(16)17-3/h11-14H,7-10H2,1-6H3/b12-11+. The molecule has 0 saturated heterocycles. The van der Waals surface area contributed by atoms with Gasteiger partial charge in [-0.2, -0.15) is 0 Å². The highest BCUT2D eigenvalue weighted by Gasteiger charge is 2.28. The molecule has 2 unspecified atom stereocenters. The first kappa shape index (κ1) is 18.4. The quantitative estimate of drug-likeness (QED) is 0.276. The Morgan fingerprint density at radius 2 is 1.89 bits per heavy atom. The number of allylic oxidation sites excluding steroid dienone is 1. The van der Waals surface area contributed by atoms with Gasteiger partial charge in [0.1, 0.15) is 0 Å². The Morgan fingerprint density at radius 1 is 1.26 bits per heavy atom. The minimum absolute atomic E-state index is 0.166. The zero-order valence-corrected chi connectivity index (χ0v) is 14.4. The number of methoxy groups -OCH3 is 1. The van der Waals surface area contributed by atoms with Gasteiger partial charge in [0.15, 0.2) is 8.32 Å². The maximum atomic E-state index is 11.7. The van der Waals surface area contributed by atoms with Gasteiger partial charge in [-0.3, -0.25) is 4.79 Å². The summed E-state index contributed by atoms with van der Waals surface area (Å²) in [4.78, 5) is 11.7. The van der Waals surface area contributed by atoms with E-state index in [0.717, 1.165) is 6.42 Å². The van der Waals surface area contributed by atoms with E-state index in [1.165, 1.54) is 26.4 Å². The molecule has 0 heterocycles. The van der Waals surface area contributed by atoms with Crippen molar-refractivity contribution in [2.24, 2.45) is 5.92 Å². The molecule has 0 N–H and O–H groups in total. The molecule has 0 amide bonds. The fourth-order valence-corrected chi connectivity index (χ4v) is 2.88. The average Bonchev–Trinajstić information content (AvgIpc) is 2.33. The van der Waals surface area contributed by atoms with Crippen LogP contribution in [0, 0.1) is 5.92 Å². The van der Waals surface area contributed by atoms with Gasteiger partial charge in [-0.1, -0.05) is 31.9 Å². The molecule has 19 heavy (non-hydrogen) atoms. The molecule has 0 aromatic carbocycles. The third-order valence-electron chi connectivity index (χ3n) is 2.86. The van der Waals surface area contributed by atoms with Crippen LogP contribution in [0.4, 0.5) is 0 Å². The highest BCUT2D eigenvalue weighted by molar-refractivity contribution is 6.69. The number of ether oxygens (including phenoxy) is 1. The maximum Gasteiger partial charge on any atom is 0.311 e. The van der Waals surface area contributed by atoms with Crippen LogP contribution in [0.2, 0.25) is 19.6 Å². The minimum atomic E-state index is -1.68. The normalized spacial score (nSPS) is 15.5. The van der Waals surface area contributed by atoms with Gasteiger partial charge in [0, 0.05) is 0 Å². The Morgan fingerprint density at radius 3 is 2.37 bits per heavy atom. The van der Waals surface area contributed by atoms with Crippen LogP contribution in [0.1, 0.15) is 39.5 Å². The number of carbonyl (C=O) groups is 1. The number of unbranched alkanes of at least 4 members (excludes halogenated alkanes) is 3. The van der Waals surface area contributed by atoms with Crippen LogP contribution in [0.3, 0.4) is 0 Å². The van der Waals surface area contributed by atoms with Crippen LogP contribution in [0.5, 0.6) is 0 Å². The van der Waals surface area contributed by atoms with Gasteiger partial charge in [0.2, 0.25) is 0 Å². The summed E-state index contributed by atoms with van der Waals surface area (Å²) in [5, 5.41) is 0. The van der Waals surface area contributed by atoms with Gasteiger partial charge >= 0.3 is 5.97 Å². The lowest BCUT2D eigenvalue weighted by molar-refractivity contribution is -0.147. The second-order valence-electron chi connectivity index (χ2n) is 5.93. The molecular weight excluding hydrogens is 256 g/mol. The highest BCUT2D eigenvalue weighted by atomic mass is 28.4. The lowest BCUT2D eigenvalue weighted by Gasteiger charge is -2.27. The summed E-state index contributed by atoms with van der Waals surface area (Å²) in [6.45, 7) is 10.5. The van der Waals surface area contributed by atoms with E-state index >= 15 is 0 Å². The third-order valence-corrected chi connectivity index (χ3v) is 3.83. The van der Waals surface area contributed by atoms with Gasteiger partial charge in [0.05, 0.1) is 19.1 Å². The number of esters is 1. The van der Waals surface area contributed by atoms with Crippen molar-refractivity contribution in [3.05, 3.63) is 12.2 Å². The van der Waals surface area contributed by atoms with E-state index < -0.39 is 8.32 Å². The van der Waals surface area contributed by atoms with Crippen molar-refractivity contribution in [3.63, 3.8) is 0 Å². The Bertz CT molecular complexity index is 282. The lowest BCUT2D eigenvalue weighted by atomic mass is 10.0. The van der Waals surface area contributed by atoms with Gasteiger partial charge in [-0.25, -0.2) is 0 Å². The van der Waals surface area contributed by atoms with E-state index in [0.29, 0.717) is 0 Å². The summed E-state index contributed by atoms with van der Waals surface area (Å²) in [6, 6.07) is 0. The molecule has 0 aliphatic heterocycles. The topological polar surface area (TPSA) is 35.5 Å². The monoisotopic (exact) mass is 286 g/mol. The molecule has 3 nitrogen and oxygen atoms in total. The molecule has 0 radical (unpaired) electrons. The van der Waals surface area contributed by atoms with Gasteiger partial charge < -0.3 is 9.16 Å². The van der Waals surface area contributed by atoms with Crippen molar-refractivity contribution < 1.29 is 14.0 Å². The van der Waals surface area contributed by atoms with Crippen molar-refractivity contribution in [2.75, 3.05) is 7.11 Å². The molecular formula is C15H30O3Si. The zero-order valence-electron chi connectivity index (χ0n) is 13.4. The predicted molar refractivity (Wildman–Crippen MR) is 82.7 cm³/mol. The second kappa shape index (κ2) is 9.32. The Labute approximate surface area is 119 Å². The summed E-state index contributed by atoms with van der Waals surface area (Å²) >= 11 is 0. The van der Waals surface area contributed by atoms with Crippen LogP contribution in [-0.2, 0) is 14.0 Å². The number of rotatable bonds is 9. The van der Waals surface area contributed by atoms with Crippen LogP contribution in [-0.4, -0.2) is 27.5 Å². The molecule has 0 aromatic heterocycles. The molecule has 0 bridgehead atoms. The largest absolute Gasteiger partial charge is 0.469 e. The first-order valence-corrected chi connectivity index (χ1v) is 10.6. The Balaban J connectivity index is 4.54. The molecule has 0 saturated carbocycles. The fourth-order valence-electron chi connectivity index (χ4n) is 1.78. The molecule has 0 rings (SSSR count). The first-order chi connectivity index (χ1) is 8.81. The van der Waals surface area contributed by atoms with E-state index in [2.05, 4.69) is 32.6 Å². The highest BCUT2D eigenvalue weighted by Crippen LogP contribution is 2.17. The van der Waals surface area contributed by atoms with Crippen LogP contribution in [0.15, 0.2) is 12.2 Å². The third kappa shape index (κ3) is 9.00. The molecule has 4 heteroatoms. The van der Waals surface area contributed by atoms with Gasteiger partial charge in [-0.05, 0) is 39.4 Å². The van der Waals surface area contributed by atoms with Crippen molar-refractivity contribution in [3.8, 4) is 0 Å². The zero-order chi connectivity index (χ0) is 14.9. The summed E-state index contributed by atoms with van der Waals surface area (Å²) in [5.41, 5.74) is 0. The van der Waals surface area contributed by atoms with Crippen LogP contribution >= 0.6 is 0 Å². The van der Waals surface area contributed by atoms with Gasteiger partial charge in [-0.15, -0.1) is 0 Å². The van der Waals surface area contributed by atoms with Crippen molar-refractivity contribution in [1.29, 1.82) is 0 Å². The summed E-state index contributed by atoms with van der Waals surface area (Å²) < 4.78 is 10.9. The summed E-state index contributed by atoms with van der Waals surface area (Å²) in [5.74, 6) is -0.458. The van der Waals surface area contributed by atoms with E-state index in [-0.39, 0.29) is 18.0 Å². The second-order valence-corrected chi connectivity index (χ2v) is 10.4. The fraction of sp³-hybridized carbons (Fsp3) is 0.800. The first-order valence-electron chi connectivity index (χ1n) is 7.24. The van der Waals surface area contributed by atoms with Crippen molar-refractivity contribution in [2.45, 2.75) is 65.3 Å². The minimum Gasteiger partial charge on any atom is -0.469 e. The van der Waals surface area contributed by atoms with Crippen molar-refractivity contribution >= 4 is 14.3 Å². The smallest absolute Gasteiger partial charge is 0.311 e. The number of hydrogen-bond donors (Lipinski definition) is 0. The molecule has 0 spiro atoms. The van der Waals surface area contributed by atoms with Crippen LogP contribution < -0.4 is 0 Å². The average molecular weight is 286 g/mol. The summed E-state index contributed by atoms with van der Waals surface area (Å²) in [6.07, 6.45) is 8.72. The van der Waals surface area contributed by atoms with E-state index in [4.69, 9.17) is 9.16 Å². The molecule has 0 fully saturated rings. The molecule has 0 aliphatic rings.